The van der Waals surface area contributed by atoms with E-state index >= 15 is 0 Å². The highest BCUT2D eigenvalue weighted by atomic mass is 16.5. The molecular formula is C21H26N2O5. The van der Waals surface area contributed by atoms with Crippen LogP contribution in [0.2, 0.25) is 0 Å². The Labute approximate surface area is 164 Å². The fourth-order valence-corrected chi connectivity index (χ4v) is 2.62. The average Bonchev–Trinajstić information content (AvgIpc) is 2.67. The highest BCUT2D eigenvalue weighted by Gasteiger charge is 2.22. The van der Waals surface area contributed by atoms with Gasteiger partial charge in [-0.15, -0.1) is 0 Å². The molecule has 0 spiro atoms. The topological polar surface area (TPSA) is 97.8 Å². The third kappa shape index (κ3) is 6.26. The van der Waals surface area contributed by atoms with E-state index < -0.39 is 17.9 Å². The molecule has 0 aliphatic rings. The Kier molecular flexibility index (Phi) is 7.80. The molecule has 1 aromatic heterocycles. The predicted molar refractivity (Wildman–Crippen MR) is 105 cm³/mol. The molecule has 7 heteroatoms. The molecule has 2 N–H and O–H groups in total. The predicted octanol–water partition coefficient (Wildman–Crippen LogP) is 3.29. The number of carboxylic acid groups (broad SMARTS) is 1. The summed E-state index contributed by atoms with van der Waals surface area (Å²) in [5.74, 6) is -0.450. The van der Waals surface area contributed by atoms with E-state index in [1.54, 1.807) is 30.6 Å². The third-order valence-electron chi connectivity index (χ3n) is 3.93. The summed E-state index contributed by atoms with van der Waals surface area (Å²) in [4.78, 5) is 27.9. The number of pyridine rings is 1. The Morgan fingerprint density at radius 2 is 1.96 bits per heavy atom. The quantitative estimate of drug-likeness (QED) is 0.650. The molecule has 2 rings (SSSR count). The summed E-state index contributed by atoms with van der Waals surface area (Å²) in [6.45, 7) is 6.36. The van der Waals surface area contributed by atoms with Crippen molar-refractivity contribution in [2.24, 2.45) is 5.92 Å². The van der Waals surface area contributed by atoms with Crippen molar-refractivity contribution < 1.29 is 24.2 Å². The fourth-order valence-electron chi connectivity index (χ4n) is 2.62. The number of rotatable bonds is 10. The third-order valence-corrected chi connectivity index (χ3v) is 3.93. The van der Waals surface area contributed by atoms with E-state index in [1.165, 1.54) is 0 Å². The lowest BCUT2D eigenvalue weighted by molar-refractivity contribution is -0.139. The van der Waals surface area contributed by atoms with Crippen LogP contribution in [-0.2, 0) is 11.4 Å². The van der Waals surface area contributed by atoms with Crippen molar-refractivity contribution in [1.29, 1.82) is 0 Å². The molecule has 0 aliphatic heterocycles. The first-order valence-electron chi connectivity index (χ1n) is 9.23. The van der Waals surface area contributed by atoms with Crippen molar-refractivity contribution in [3.63, 3.8) is 0 Å². The molecule has 28 heavy (non-hydrogen) atoms. The van der Waals surface area contributed by atoms with E-state index in [1.807, 2.05) is 32.9 Å². The number of nitrogens with one attached hydrogen (secondary N) is 1. The minimum absolute atomic E-state index is 0.142. The molecule has 0 aliphatic carbocycles. The van der Waals surface area contributed by atoms with Gasteiger partial charge in [0.05, 0.1) is 6.61 Å². The smallest absolute Gasteiger partial charge is 0.326 e. The maximum atomic E-state index is 12.5. The Hall–Kier alpha value is -3.09. The van der Waals surface area contributed by atoms with Crippen LogP contribution >= 0.6 is 0 Å². The number of aromatic nitrogens is 1. The maximum absolute atomic E-state index is 12.5. The summed E-state index contributed by atoms with van der Waals surface area (Å²) in [7, 11) is 0. The number of carbonyl (C=O) groups excluding carboxylic acids is 1. The lowest BCUT2D eigenvalue weighted by Crippen LogP contribution is -2.41. The van der Waals surface area contributed by atoms with Gasteiger partial charge in [0.15, 0.2) is 11.5 Å². The summed E-state index contributed by atoms with van der Waals surface area (Å²) >= 11 is 0. The molecule has 7 nitrogen and oxygen atoms in total. The van der Waals surface area contributed by atoms with Crippen molar-refractivity contribution >= 4 is 11.9 Å². The molecule has 1 amide bonds. The van der Waals surface area contributed by atoms with Gasteiger partial charge in [-0.25, -0.2) is 4.79 Å². The molecule has 1 aromatic carbocycles. The number of carboxylic acids is 1. The van der Waals surface area contributed by atoms with Crippen molar-refractivity contribution in [3.8, 4) is 11.5 Å². The van der Waals surface area contributed by atoms with Gasteiger partial charge >= 0.3 is 5.97 Å². The van der Waals surface area contributed by atoms with Crippen LogP contribution in [-0.4, -0.2) is 34.6 Å². The van der Waals surface area contributed by atoms with Gasteiger partial charge in [-0.2, -0.15) is 0 Å². The normalized spacial score (nSPS) is 11.7. The Morgan fingerprint density at radius 1 is 1.18 bits per heavy atom. The number of ether oxygens (including phenoxy) is 2. The van der Waals surface area contributed by atoms with Crippen LogP contribution in [0.5, 0.6) is 11.5 Å². The summed E-state index contributed by atoms with van der Waals surface area (Å²) in [5.41, 5.74) is 1.22. The van der Waals surface area contributed by atoms with E-state index in [4.69, 9.17) is 9.47 Å². The number of carbonyl (C=O) groups is 2. The molecule has 0 saturated carbocycles. The number of benzene rings is 1. The Balaban J connectivity index is 2.13. The van der Waals surface area contributed by atoms with Gasteiger partial charge in [0.1, 0.15) is 12.6 Å². The molecule has 0 saturated heterocycles. The van der Waals surface area contributed by atoms with Crippen molar-refractivity contribution in [2.45, 2.75) is 39.8 Å². The van der Waals surface area contributed by atoms with E-state index in [0.29, 0.717) is 36.7 Å². The van der Waals surface area contributed by atoms with Crippen molar-refractivity contribution in [3.05, 3.63) is 53.9 Å². The molecule has 0 bridgehead atoms. The van der Waals surface area contributed by atoms with Gasteiger partial charge in [-0.3, -0.25) is 9.78 Å². The van der Waals surface area contributed by atoms with E-state index in [-0.39, 0.29) is 5.92 Å². The van der Waals surface area contributed by atoms with Crippen LogP contribution in [0.25, 0.3) is 0 Å². The van der Waals surface area contributed by atoms with Crippen LogP contribution in [0, 0.1) is 5.92 Å². The zero-order valence-corrected chi connectivity index (χ0v) is 16.3. The first-order valence-corrected chi connectivity index (χ1v) is 9.23. The number of aliphatic carboxylic acids is 1. The Morgan fingerprint density at radius 3 is 2.57 bits per heavy atom. The minimum Gasteiger partial charge on any atom is -0.490 e. The summed E-state index contributed by atoms with van der Waals surface area (Å²) < 4.78 is 11.4. The van der Waals surface area contributed by atoms with E-state index in [0.717, 1.165) is 5.56 Å². The highest BCUT2D eigenvalue weighted by Crippen LogP contribution is 2.29. The van der Waals surface area contributed by atoms with Crippen LogP contribution in [0.15, 0.2) is 42.7 Å². The molecule has 0 fully saturated rings. The molecule has 0 radical (unpaired) electrons. The number of hydrogen-bond acceptors (Lipinski definition) is 5. The lowest BCUT2D eigenvalue weighted by atomic mass is 10.0. The molecular weight excluding hydrogens is 360 g/mol. The van der Waals surface area contributed by atoms with Crippen LogP contribution < -0.4 is 14.8 Å². The molecule has 1 unspecified atom stereocenters. The van der Waals surface area contributed by atoms with Gasteiger partial charge in [-0.1, -0.05) is 19.9 Å². The second-order valence-electron chi connectivity index (χ2n) is 6.74. The molecule has 1 heterocycles. The van der Waals surface area contributed by atoms with Gasteiger partial charge in [0.2, 0.25) is 0 Å². The standard InChI is InChI=1S/C21H26N2O5/c1-4-27-19-11-16(20(24)23-17(21(25)26)10-14(2)3)7-8-18(19)28-13-15-6-5-9-22-12-15/h5-9,11-12,14,17H,4,10,13H2,1-3H3,(H,23,24)(H,25,26). The van der Waals surface area contributed by atoms with Gasteiger partial charge in [0.25, 0.3) is 5.91 Å². The number of amides is 1. The first kappa shape index (κ1) is 21.2. The second kappa shape index (κ2) is 10.3. The minimum atomic E-state index is -1.05. The molecule has 1 atom stereocenters. The summed E-state index contributed by atoms with van der Waals surface area (Å²) in [5, 5.41) is 11.9. The first-order chi connectivity index (χ1) is 13.4. The number of nitrogens with zero attached hydrogens (tertiary/aromatic N) is 1. The van der Waals surface area contributed by atoms with Gasteiger partial charge in [-0.05, 0) is 43.5 Å². The van der Waals surface area contributed by atoms with Crippen molar-refractivity contribution in [2.75, 3.05) is 6.61 Å². The largest absolute Gasteiger partial charge is 0.490 e. The summed E-state index contributed by atoms with van der Waals surface area (Å²) in [6, 6.07) is 7.58. The highest BCUT2D eigenvalue weighted by molar-refractivity contribution is 5.97. The van der Waals surface area contributed by atoms with Crippen LogP contribution in [0.4, 0.5) is 0 Å². The average molecular weight is 386 g/mol. The van der Waals surface area contributed by atoms with E-state index in [2.05, 4.69) is 10.3 Å². The molecule has 150 valence electrons. The van der Waals surface area contributed by atoms with Crippen LogP contribution in [0.1, 0.15) is 43.1 Å². The van der Waals surface area contributed by atoms with Crippen molar-refractivity contribution in [1.82, 2.24) is 10.3 Å². The summed E-state index contributed by atoms with van der Waals surface area (Å²) in [6.07, 6.45) is 3.75. The van der Waals surface area contributed by atoms with Gasteiger partial charge in [0, 0.05) is 23.5 Å². The second-order valence-corrected chi connectivity index (χ2v) is 6.74. The van der Waals surface area contributed by atoms with Gasteiger partial charge < -0.3 is 19.9 Å². The Bertz CT molecular complexity index is 793. The fraction of sp³-hybridized carbons (Fsp3) is 0.381. The zero-order valence-electron chi connectivity index (χ0n) is 16.3. The zero-order chi connectivity index (χ0) is 20.5. The SMILES string of the molecule is CCOc1cc(C(=O)NC(CC(C)C)C(=O)O)ccc1OCc1cccnc1. The number of hydrogen-bond donors (Lipinski definition) is 2. The van der Waals surface area contributed by atoms with E-state index in [9.17, 15) is 14.7 Å². The molecule has 2 aromatic rings. The maximum Gasteiger partial charge on any atom is 0.326 e. The lowest BCUT2D eigenvalue weighted by Gasteiger charge is -2.17. The monoisotopic (exact) mass is 386 g/mol. The van der Waals surface area contributed by atoms with Crippen LogP contribution in [0.3, 0.4) is 0 Å².